The minimum absolute atomic E-state index is 0.0537. The Labute approximate surface area is 244 Å². The second-order valence-corrected chi connectivity index (χ2v) is 13.2. The molecule has 6 rings (SSSR count). The number of anilines is 1. The highest BCUT2D eigenvalue weighted by Gasteiger charge is 2.65. The van der Waals surface area contributed by atoms with Crippen molar-refractivity contribution in [1.29, 1.82) is 0 Å². The summed E-state index contributed by atoms with van der Waals surface area (Å²) in [4.78, 5) is 40.5. The van der Waals surface area contributed by atoms with Crippen molar-refractivity contribution in [3.05, 3.63) is 52.6 Å². The van der Waals surface area contributed by atoms with Gasteiger partial charge in [-0.15, -0.1) is 5.92 Å². The fourth-order valence-electron chi connectivity index (χ4n) is 9.29. The number of Topliss-reactive ketones (excluding diaryl/α,β-unsaturated/α-hetero) is 1. The molecule has 0 spiro atoms. The van der Waals surface area contributed by atoms with E-state index in [1.807, 2.05) is 13.0 Å². The second-order valence-electron chi connectivity index (χ2n) is 13.2. The molecule has 1 aromatic carbocycles. The van der Waals surface area contributed by atoms with Gasteiger partial charge in [0, 0.05) is 38.0 Å². The molecule has 5 nitrogen and oxygen atoms in total. The third-order valence-corrected chi connectivity index (χ3v) is 11.2. The van der Waals surface area contributed by atoms with E-state index in [2.05, 4.69) is 47.9 Å². The smallest absolute Gasteiger partial charge is 0.303 e. The summed E-state index contributed by atoms with van der Waals surface area (Å²) in [6.07, 6.45) is 11.5. The minimum Gasteiger partial charge on any atom is -0.458 e. The monoisotopic (exact) mass is 553 g/mol. The molecule has 1 aromatic rings. The highest BCUT2D eigenvalue weighted by Crippen LogP contribution is 2.69. The lowest BCUT2D eigenvalue weighted by atomic mass is 9.48. The number of fused-ring (bicyclic) bond motifs is 4. The van der Waals surface area contributed by atoms with Gasteiger partial charge in [0.1, 0.15) is 0 Å². The molecular weight excluding hydrogens is 510 g/mol. The normalized spacial score (nSPS) is 32.7. The number of piperidine rings is 1. The van der Waals surface area contributed by atoms with E-state index in [1.54, 1.807) is 0 Å². The molecular formula is C36H43NO4. The van der Waals surface area contributed by atoms with E-state index in [0.717, 1.165) is 45.2 Å². The standard InChI is InChI=1S/C36H43NO4/c1-4-17-36(33(40)23-41-24(2)38)18-16-32-30-14-10-26-21-28(39)13-15-29(26)34(30)31(22-35(32,36)3)25-8-11-27(12-9-25)37-19-6-5-7-20-37/h8-9,11-12,21,30-32H,5-7,10,13-16,18-20,22-23H2,1-3H3/t30-,31+,32-,35-,36+/m0/s1. The van der Waals surface area contributed by atoms with Gasteiger partial charge >= 0.3 is 5.97 Å². The maximum absolute atomic E-state index is 14.0. The summed E-state index contributed by atoms with van der Waals surface area (Å²) < 4.78 is 5.27. The Morgan fingerprint density at radius 2 is 1.80 bits per heavy atom. The Kier molecular flexibility index (Phi) is 7.47. The zero-order valence-electron chi connectivity index (χ0n) is 24.9. The van der Waals surface area contributed by atoms with Crippen molar-refractivity contribution in [1.82, 2.24) is 0 Å². The van der Waals surface area contributed by atoms with Gasteiger partial charge in [-0.2, -0.15) is 0 Å². The van der Waals surface area contributed by atoms with E-state index in [-0.39, 0.29) is 29.5 Å². The molecule has 1 heterocycles. The lowest BCUT2D eigenvalue weighted by molar-refractivity contribution is -0.150. The molecule has 0 N–H and O–H groups in total. The molecule has 1 saturated heterocycles. The molecule has 0 radical (unpaired) electrons. The molecule has 5 aliphatic rings. The molecule has 41 heavy (non-hydrogen) atoms. The number of rotatable bonds is 5. The number of allylic oxidation sites excluding steroid dienone is 4. The fraction of sp³-hybridized carbons (Fsp3) is 0.583. The van der Waals surface area contributed by atoms with Crippen LogP contribution in [0.2, 0.25) is 0 Å². The number of nitrogens with zero attached hydrogens (tertiary/aromatic N) is 1. The van der Waals surface area contributed by atoms with E-state index in [0.29, 0.717) is 24.7 Å². The van der Waals surface area contributed by atoms with Gasteiger partial charge in [-0.25, -0.2) is 0 Å². The zero-order chi connectivity index (χ0) is 28.8. The first kappa shape index (κ1) is 28.0. The van der Waals surface area contributed by atoms with Crippen molar-refractivity contribution >= 4 is 23.2 Å². The molecule has 1 aliphatic heterocycles. The molecule has 0 unspecified atom stereocenters. The van der Waals surface area contributed by atoms with Gasteiger partial charge in [0.25, 0.3) is 0 Å². The van der Waals surface area contributed by atoms with Crippen molar-refractivity contribution in [2.45, 2.75) is 90.9 Å². The lowest BCUT2D eigenvalue weighted by Gasteiger charge is -2.54. The highest BCUT2D eigenvalue weighted by molar-refractivity contribution is 5.93. The molecule has 5 atom stereocenters. The predicted molar refractivity (Wildman–Crippen MR) is 160 cm³/mol. The first-order chi connectivity index (χ1) is 19.8. The Morgan fingerprint density at radius 3 is 2.51 bits per heavy atom. The largest absolute Gasteiger partial charge is 0.458 e. The summed E-state index contributed by atoms with van der Waals surface area (Å²) in [6, 6.07) is 9.22. The highest BCUT2D eigenvalue weighted by atomic mass is 16.5. The van der Waals surface area contributed by atoms with Crippen LogP contribution in [0.25, 0.3) is 0 Å². The van der Waals surface area contributed by atoms with E-state index < -0.39 is 11.4 Å². The Balaban J connectivity index is 1.45. The summed E-state index contributed by atoms with van der Waals surface area (Å²) in [5.41, 5.74) is 5.60. The van der Waals surface area contributed by atoms with Gasteiger partial charge in [-0.05, 0) is 117 Å². The predicted octanol–water partition coefficient (Wildman–Crippen LogP) is 6.72. The summed E-state index contributed by atoms with van der Waals surface area (Å²) in [7, 11) is 0. The van der Waals surface area contributed by atoms with Gasteiger partial charge in [0.15, 0.2) is 18.2 Å². The molecule has 0 bridgehead atoms. The molecule has 4 aliphatic carbocycles. The quantitative estimate of drug-likeness (QED) is 0.299. The maximum Gasteiger partial charge on any atom is 0.303 e. The van der Waals surface area contributed by atoms with Gasteiger partial charge in [-0.1, -0.05) is 30.6 Å². The number of carbonyl (C=O) groups excluding carboxylic acids is 3. The van der Waals surface area contributed by atoms with Crippen LogP contribution in [0.4, 0.5) is 5.69 Å². The number of ketones is 2. The van der Waals surface area contributed by atoms with Crippen LogP contribution in [-0.4, -0.2) is 37.2 Å². The summed E-state index contributed by atoms with van der Waals surface area (Å²) in [5.74, 6) is 7.18. The molecule has 2 saturated carbocycles. The summed E-state index contributed by atoms with van der Waals surface area (Å²) in [5, 5.41) is 0. The maximum atomic E-state index is 14.0. The molecule has 3 fully saturated rings. The molecule has 5 heteroatoms. The number of benzene rings is 1. The third-order valence-electron chi connectivity index (χ3n) is 11.2. The van der Waals surface area contributed by atoms with E-state index in [4.69, 9.17) is 4.74 Å². The first-order valence-electron chi connectivity index (χ1n) is 15.7. The van der Waals surface area contributed by atoms with Crippen molar-refractivity contribution in [3.8, 4) is 11.8 Å². The van der Waals surface area contributed by atoms with Gasteiger partial charge in [-0.3, -0.25) is 14.4 Å². The number of hydrogen-bond donors (Lipinski definition) is 0. The first-order valence-corrected chi connectivity index (χ1v) is 15.7. The van der Waals surface area contributed by atoms with Crippen molar-refractivity contribution in [2.75, 3.05) is 24.6 Å². The van der Waals surface area contributed by atoms with Gasteiger partial charge < -0.3 is 9.64 Å². The van der Waals surface area contributed by atoms with Gasteiger partial charge in [0.2, 0.25) is 0 Å². The van der Waals surface area contributed by atoms with E-state index >= 15 is 0 Å². The van der Waals surface area contributed by atoms with Crippen LogP contribution in [0.15, 0.2) is 47.1 Å². The Bertz CT molecular complexity index is 1370. The summed E-state index contributed by atoms with van der Waals surface area (Å²) >= 11 is 0. The molecule has 216 valence electrons. The number of ether oxygens (including phenoxy) is 1. The van der Waals surface area contributed by atoms with Crippen molar-refractivity contribution in [3.63, 3.8) is 0 Å². The van der Waals surface area contributed by atoms with Crippen LogP contribution in [-0.2, 0) is 19.1 Å². The number of carbonyl (C=O) groups is 3. The number of hydrogen-bond acceptors (Lipinski definition) is 5. The van der Waals surface area contributed by atoms with Crippen LogP contribution in [0, 0.1) is 34.5 Å². The topological polar surface area (TPSA) is 63.7 Å². The van der Waals surface area contributed by atoms with Crippen LogP contribution in [0.3, 0.4) is 0 Å². The molecule has 0 amide bonds. The third kappa shape index (κ3) is 4.68. The van der Waals surface area contributed by atoms with Crippen LogP contribution in [0.1, 0.15) is 96.5 Å². The number of esters is 1. The van der Waals surface area contributed by atoms with Crippen LogP contribution in [0.5, 0.6) is 0 Å². The van der Waals surface area contributed by atoms with Crippen LogP contribution >= 0.6 is 0 Å². The van der Waals surface area contributed by atoms with Crippen molar-refractivity contribution in [2.24, 2.45) is 22.7 Å². The Hall–Kier alpha value is -3.13. The average molecular weight is 554 g/mol. The zero-order valence-corrected chi connectivity index (χ0v) is 24.9. The van der Waals surface area contributed by atoms with Crippen molar-refractivity contribution < 1.29 is 19.1 Å². The summed E-state index contributed by atoms with van der Waals surface area (Å²) in [6.45, 7) is 7.49. The molecule has 0 aromatic heterocycles. The SMILES string of the molecule is CC#C[C@]1(C(=O)COC(C)=O)CC[C@H]2[C@@H]3CCC4=CC(=O)CCC4=C3[C@@H](c3ccc(N4CCCCC4)cc3)C[C@@]21C. The van der Waals surface area contributed by atoms with Gasteiger partial charge in [0.05, 0.1) is 5.41 Å². The fourth-order valence-corrected chi connectivity index (χ4v) is 9.29. The lowest BCUT2D eigenvalue weighted by Crippen LogP contribution is -2.51. The van der Waals surface area contributed by atoms with E-state index in [1.165, 1.54) is 54.2 Å². The van der Waals surface area contributed by atoms with Crippen LogP contribution < -0.4 is 4.90 Å². The average Bonchev–Trinajstić information content (AvgIpc) is 3.28. The Morgan fingerprint density at radius 1 is 1.05 bits per heavy atom. The van der Waals surface area contributed by atoms with E-state index in [9.17, 15) is 14.4 Å². The minimum atomic E-state index is -0.831. The second kappa shape index (κ2) is 10.9.